The lowest BCUT2D eigenvalue weighted by atomic mass is 10.4. The molecule has 0 aliphatic heterocycles. The zero-order chi connectivity index (χ0) is 14.5. The molecule has 19 heavy (non-hydrogen) atoms. The van der Waals surface area contributed by atoms with Gasteiger partial charge >= 0.3 is 5.97 Å². The summed E-state index contributed by atoms with van der Waals surface area (Å²) >= 11 is 3.34. The predicted molar refractivity (Wildman–Crippen MR) is 83.5 cm³/mol. The van der Waals surface area contributed by atoms with Gasteiger partial charge in [-0.1, -0.05) is 18.3 Å². The van der Waals surface area contributed by atoms with Gasteiger partial charge in [0.1, 0.15) is 11.1 Å². The summed E-state index contributed by atoms with van der Waals surface area (Å²) in [7, 11) is 0. The third-order valence-corrected chi connectivity index (χ3v) is 4.33. The third kappa shape index (κ3) is 10.7. The Balaban J connectivity index is 3.62. The summed E-state index contributed by atoms with van der Waals surface area (Å²) < 4.78 is 4.84. The minimum atomic E-state index is -0.223. The fourth-order valence-corrected chi connectivity index (χ4v) is 3.20. The zero-order valence-corrected chi connectivity index (χ0v) is 13.1. The molecular weight excluding hydrogens is 280 g/mol. The highest BCUT2D eigenvalue weighted by Crippen LogP contribution is 2.18. The van der Waals surface area contributed by atoms with E-state index in [0.29, 0.717) is 18.7 Å². The highest BCUT2D eigenvalue weighted by molar-refractivity contribution is 8.24. The van der Waals surface area contributed by atoms with Crippen molar-refractivity contribution in [3.8, 4) is 6.07 Å². The fourth-order valence-electron chi connectivity index (χ4n) is 1.10. The van der Waals surface area contributed by atoms with Gasteiger partial charge in [-0.05, 0) is 25.5 Å². The molecule has 6 heteroatoms. The van der Waals surface area contributed by atoms with Crippen LogP contribution in [0.2, 0.25) is 0 Å². The van der Waals surface area contributed by atoms with Crippen molar-refractivity contribution in [2.24, 2.45) is 4.99 Å². The van der Waals surface area contributed by atoms with E-state index in [-0.39, 0.29) is 5.97 Å². The van der Waals surface area contributed by atoms with Crippen LogP contribution in [0.3, 0.4) is 0 Å². The maximum absolute atomic E-state index is 10.5. The van der Waals surface area contributed by atoms with Gasteiger partial charge in [-0.3, -0.25) is 9.79 Å². The summed E-state index contributed by atoms with van der Waals surface area (Å²) in [6, 6.07) is 2.03. The second-order valence-corrected chi connectivity index (χ2v) is 6.02. The smallest absolute Gasteiger partial charge is 0.302 e. The van der Waals surface area contributed by atoms with E-state index in [1.807, 2.05) is 13.0 Å². The van der Waals surface area contributed by atoms with Gasteiger partial charge in [0.15, 0.2) is 0 Å². The first kappa shape index (κ1) is 18.1. The first-order chi connectivity index (χ1) is 9.11. The third-order valence-electron chi connectivity index (χ3n) is 1.96. The zero-order valence-electron chi connectivity index (χ0n) is 11.5. The van der Waals surface area contributed by atoms with Crippen LogP contribution in [-0.2, 0) is 9.53 Å². The highest BCUT2D eigenvalue weighted by atomic mass is 32.2. The van der Waals surface area contributed by atoms with E-state index < -0.39 is 0 Å². The molecule has 0 unspecified atom stereocenters. The summed E-state index contributed by atoms with van der Waals surface area (Å²) in [6.45, 7) is 8.19. The van der Waals surface area contributed by atoms with Crippen LogP contribution in [0.5, 0.6) is 0 Å². The molecule has 0 radical (unpaired) electrons. The van der Waals surface area contributed by atoms with Crippen LogP contribution in [-0.4, -0.2) is 35.0 Å². The Hall–Kier alpha value is -0.930. The number of aliphatic imine (C=N–C) groups is 1. The van der Waals surface area contributed by atoms with Gasteiger partial charge < -0.3 is 4.74 Å². The molecule has 0 aromatic rings. The second kappa shape index (κ2) is 12.1. The van der Waals surface area contributed by atoms with E-state index in [0.717, 1.165) is 28.7 Å². The van der Waals surface area contributed by atoms with E-state index in [1.54, 1.807) is 23.5 Å². The molecule has 0 saturated heterocycles. The molecule has 0 fully saturated rings. The van der Waals surface area contributed by atoms with Crippen molar-refractivity contribution < 1.29 is 9.53 Å². The molecule has 0 atom stereocenters. The molecule has 0 amide bonds. The Morgan fingerprint density at radius 2 is 2.21 bits per heavy atom. The number of hydrogen-bond donors (Lipinski definition) is 0. The van der Waals surface area contributed by atoms with Crippen molar-refractivity contribution in [1.29, 1.82) is 5.26 Å². The molecule has 0 bridgehead atoms. The summed E-state index contributed by atoms with van der Waals surface area (Å²) in [6.07, 6.45) is 1.90. The van der Waals surface area contributed by atoms with Crippen molar-refractivity contribution in [1.82, 2.24) is 0 Å². The van der Waals surface area contributed by atoms with E-state index in [2.05, 4.69) is 11.6 Å². The standard InChI is InChI=1S/C13H20N2O2S2/c1-4-15-13(11(2)9-14)19-10-18-8-6-5-7-17-12(3)16/h2,4-8,10H2,1,3H3/b15-13+. The molecule has 0 rings (SSSR count). The van der Waals surface area contributed by atoms with Crippen molar-refractivity contribution in [2.45, 2.75) is 26.7 Å². The molecule has 0 aromatic carbocycles. The van der Waals surface area contributed by atoms with Crippen LogP contribution in [0.15, 0.2) is 17.1 Å². The molecule has 0 spiro atoms. The first-order valence-corrected chi connectivity index (χ1v) is 8.23. The molecule has 0 N–H and O–H groups in total. The van der Waals surface area contributed by atoms with Gasteiger partial charge in [-0.15, -0.1) is 0 Å². The topological polar surface area (TPSA) is 62.4 Å². The maximum Gasteiger partial charge on any atom is 0.302 e. The molecule has 0 aliphatic rings. The van der Waals surface area contributed by atoms with Crippen LogP contribution < -0.4 is 0 Å². The van der Waals surface area contributed by atoms with Gasteiger partial charge in [0.25, 0.3) is 0 Å². The number of nitriles is 1. The minimum Gasteiger partial charge on any atom is -0.466 e. The number of rotatable bonds is 9. The van der Waals surface area contributed by atoms with Gasteiger partial charge in [0.2, 0.25) is 0 Å². The first-order valence-electron chi connectivity index (χ1n) is 6.09. The van der Waals surface area contributed by atoms with Crippen LogP contribution in [0.4, 0.5) is 0 Å². The Morgan fingerprint density at radius 3 is 2.79 bits per heavy atom. The predicted octanol–water partition coefficient (Wildman–Crippen LogP) is 3.25. The molecule has 0 saturated carbocycles. The normalized spacial score (nSPS) is 10.9. The van der Waals surface area contributed by atoms with Crippen molar-refractivity contribution >= 4 is 34.5 Å². The minimum absolute atomic E-state index is 0.223. The summed E-state index contributed by atoms with van der Waals surface area (Å²) in [4.78, 5) is 14.8. The monoisotopic (exact) mass is 300 g/mol. The number of ether oxygens (including phenoxy) is 1. The van der Waals surface area contributed by atoms with Crippen LogP contribution in [0.25, 0.3) is 0 Å². The van der Waals surface area contributed by atoms with Gasteiger partial charge in [0.05, 0.1) is 12.2 Å². The molecule has 106 valence electrons. The Morgan fingerprint density at radius 1 is 1.47 bits per heavy atom. The lowest BCUT2D eigenvalue weighted by Crippen LogP contribution is -2.00. The highest BCUT2D eigenvalue weighted by Gasteiger charge is 2.04. The second-order valence-electron chi connectivity index (χ2n) is 3.59. The van der Waals surface area contributed by atoms with Crippen LogP contribution in [0.1, 0.15) is 26.7 Å². The summed E-state index contributed by atoms with van der Waals surface area (Å²) in [5, 5.41) is 10.4. The molecular formula is C13H20N2O2S2. The number of nitrogens with zero attached hydrogens (tertiary/aromatic N) is 2. The Bertz CT molecular complexity index is 362. The number of esters is 1. The summed E-state index contributed by atoms with van der Waals surface area (Å²) in [5.74, 6) is 0.783. The Kier molecular flexibility index (Phi) is 11.5. The van der Waals surface area contributed by atoms with Gasteiger partial charge in [0, 0.05) is 18.6 Å². The maximum atomic E-state index is 10.5. The van der Waals surface area contributed by atoms with E-state index in [4.69, 9.17) is 10.00 Å². The Labute approximate surface area is 123 Å². The van der Waals surface area contributed by atoms with E-state index in [9.17, 15) is 4.79 Å². The molecule has 4 nitrogen and oxygen atoms in total. The fraction of sp³-hybridized carbons (Fsp3) is 0.615. The van der Waals surface area contributed by atoms with Crippen molar-refractivity contribution in [2.75, 3.05) is 24.0 Å². The van der Waals surface area contributed by atoms with E-state index in [1.165, 1.54) is 6.92 Å². The number of carbonyl (C=O) groups excluding carboxylic acids is 1. The molecule has 0 aromatic heterocycles. The number of unbranched alkanes of at least 4 members (excludes halogenated alkanes) is 1. The van der Waals surface area contributed by atoms with Gasteiger partial charge in [-0.2, -0.15) is 17.0 Å². The van der Waals surface area contributed by atoms with Gasteiger partial charge in [-0.25, -0.2) is 0 Å². The molecule has 0 aliphatic carbocycles. The van der Waals surface area contributed by atoms with Crippen LogP contribution >= 0.6 is 23.5 Å². The molecule has 0 heterocycles. The number of thioether (sulfide) groups is 2. The quantitative estimate of drug-likeness (QED) is 0.163. The summed E-state index contributed by atoms with van der Waals surface area (Å²) in [5.41, 5.74) is 0.433. The average molecular weight is 300 g/mol. The van der Waals surface area contributed by atoms with Crippen LogP contribution in [0, 0.1) is 11.3 Å². The average Bonchev–Trinajstić information content (AvgIpc) is 2.39. The van der Waals surface area contributed by atoms with Crippen molar-refractivity contribution in [3.63, 3.8) is 0 Å². The van der Waals surface area contributed by atoms with Crippen molar-refractivity contribution in [3.05, 3.63) is 12.2 Å². The SMILES string of the molecule is C=C(C#N)/C(=N\CC)SCSCCCCOC(C)=O. The number of hydrogen-bond acceptors (Lipinski definition) is 6. The largest absolute Gasteiger partial charge is 0.466 e. The lowest BCUT2D eigenvalue weighted by molar-refractivity contribution is -0.141. The number of carbonyl (C=O) groups is 1. The van der Waals surface area contributed by atoms with E-state index >= 15 is 0 Å². The lowest BCUT2D eigenvalue weighted by Gasteiger charge is -2.04.